The van der Waals surface area contributed by atoms with E-state index in [1.54, 1.807) is 0 Å². The third kappa shape index (κ3) is 6.81. The number of hydrogen-bond acceptors (Lipinski definition) is 5. The first-order valence-corrected chi connectivity index (χ1v) is 8.52. The third-order valence-corrected chi connectivity index (χ3v) is 3.76. The molecule has 2 aromatic carbocycles. The number of nitrogens with one attached hydrogen (secondary N) is 2. The number of ketones is 1. The van der Waals surface area contributed by atoms with Crippen molar-refractivity contribution in [2.75, 3.05) is 6.61 Å². The summed E-state index contributed by atoms with van der Waals surface area (Å²) in [5.74, 6) is -2.89. The SMILES string of the molecule is O=C(COC(=O)CCC(=O)c1ccc(F)cc1)NNC(=O)c1ccc(Cl)cc1. The fourth-order valence-electron chi connectivity index (χ4n) is 2.05. The first-order chi connectivity index (χ1) is 13.3. The molecule has 0 unspecified atom stereocenters. The van der Waals surface area contributed by atoms with E-state index in [9.17, 15) is 23.6 Å². The number of amides is 2. The van der Waals surface area contributed by atoms with Crippen LogP contribution in [0.15, 0.2) is 48.5 Å². The van der Waals surface area contributed by atoms with Gasteiger partial charge in [0.05, 0.1) is 6.42 Å². The molecule has 0 atom stereocenters. The fourth-order valence-corrected chi connectivity index (χ4v) is 2.18. The smallest absolute Gasteiger partial charge is 0.306 e. The number of hydrogen-bond donors (Lipinski definition) is 2. The quantitative estimate of drug-likeness (QED) is 0.418. The topological polar surface area (TPSA) is 102 Å². The van der Waals surface area contributed by atoms with Crippen molar-refractivity contribution in [1.82, 2.24) is 10.9 Å². The van der Waals surface area contributed by atoms with Crippen LogP contribution in [-0.2, 0) is 14.3 Å². The zero-order chi connectivity index (χ0) is 20.5. The number of esters is 1. The van der Waals surface area contributed by atoms with Crippen LogP contribution in [0.1, 0.15) is 33.6 Å². The summed E-state index contributed by atoms with van der Waals surface area (Å²) in [6.45, 7) is -0.621. The lowest BCUT2D eigenvalue weighted by Crippen LogP contribution is -2.43. The fraction of sp³-hybridized carbons (Fsp3) is 0.158. The van der Waals surface area contributed by atoms with E-state index in [-0.39, 0.29) is 29.8 Å². The van der Waals surface area contributed by atoms with Crippen LogP contribution in [0.25, 0.3) is 0 Å². The van der Waals surface area contributed by atoms with Crippen molar-refractivity contribution in [3.05, 3.63) is 70.5 Å². The summed E-state index contributed by atoms with van der Waals surface area (Å²) in [5.41, 5.74) is 4.81. The molecule has 7 nitrogen and oxygen atoms in total. The van der Waals surface area contributed by atoms with Crippen molar-refractivity contribution in [1.29, 1.82) is 0 Å². The summed E-state index contributed by atoms with van der Waals surface area (Å²) in [4.78, 5) is 46.9. The van der Waals surface area contributed by atoms with Gasteiger partial charge in [0, 0.05) is 22.6 Å². The molecule has 0 fully saturated rings. The van der Waals surface area contributed by atoms with Crippen molar-refractivity contribution >= 4 is 35.2 Å². The second-order valence-electron chi connectivity index (χ2n) is 5.60. The number of halogens is 2. The predicted octanol–water partition coefficient (Wildman–Crippen LogP) is 2.45. The van der Waals surface area contributed by atoms with Crippen molar-refractivity contribution < 1.29 is 28.3 Å². The molecule has 0 saturated heterocycles. The van der Waals surface area contributed by atoms with E-state index in [0.717, 1.165) is 12.1 Å². The normalized spacial score (nSPS) is 10.1. The van der Waals surface area contributed by atoms with Gasteiger partial charge in [-0.15, -0.1) is 0 Å². The maximum atomic E-state index is 12.8. The largest absolute Gasteiger partial charge is 0.455 e. The minimum atomic E-state index is -0.755. The zero-order valence-electron chi connectivity index (χ0n) is 14.5. The third-order valence-electron chi connectivity index (χ3n) is 3.51. The van der Waals surface area contributed by atoms with Crippen molar-refractivity contribution in [2.24, 2.45) is 0 Å². The Balaban J connectivity index is 1.67. The first-order valence-electron chi connectivity index (χ1n) is 8.14. The second-order valence-corrected chi connectivity index (χ2v) is 6.04. The van der Waals surface area contributed by atoms with Crippen molar-refractivity contribution in [3.8, 4) is 0 Å². The van der Waals surface area contributed by atoms with Gasteiger partial charge in [-0.05, 0) is 48.5 Å². The monoisotopic (exact) mass is 406 g/mol. The van der Waals surface area contributed by atoms with E-state index < -0.39 is 30.2 Å². The Hall–Kier alpha value is -3.26. The molecule has 2 rings (SSSR count). The average Bonchev–Trinajstić information content (AvgIpc) is 2.69. The predicted molar refractivity (Wildman–Crippen MR) is 98.0 cm³/mol. The molecule has 0 aliphatic carbocycles. The van der Waals surface area contributed by atoms with Crippen LogP contribution >= 0.6 is 11.6 Å². The Morgan fingerprint density at radius 1 is 0.857 bits per heavy atom. The molecule has 146 valence electrons. The summed E-state index contributed by atoms with van der Waals surface area (Å²) in [5, 5.41) is 0.463. The van der Waals surface area contributed by atoms with Crippen LogP contribution in [0.3, 0.4) is 0 Å². The summed E-state index contributed by atoms with van der Waals surface area (Å²) < 4.78 is 17.5. The minimum Gasteiger partial charge on any atom is -0.455 e. The van der Waals surface area contributed by atoms with Gasteiger partial charge in [0.15, 0.2) is 12.4 Å². The molecule has 2 N–H and O–H groups in total. The molecule has 0 aromatic heterocycles. The lowest BCUT2D eigenvalue weighted by Gasteiger charge is -2.08. The number of benzene rings is 2. The average molecular weight is 407 g/mol. The number of ether oxygens (including phenoxy) is 1. The maximum Gasteiger partial charge on any atom is 0.306 e. The molecule has 0 heterocycles. The Morgan fingerprint density at radius 2 is 1.46 bits per heavy atom. The summed E-state index contributed by atoms with van der Waals surface area (Å²) >= 11 is 5.71. The van der Waals surface area contributed by atoms with E-state index in [2.05, 4.69) is 10.9 Å². The van der Waals surface area contributed by atoms with Gasteiger partial charge >= 0.3 is 5.97 Å². The molecule has 9 heteroatoms. The Morgan fingerprint density at radius 3 is 2.11 bits per heavy atom. The molecule has 0 saturated carbocycles. The van der Waals surface area contributed by atoms with Crippen LogP contribution in [0.4, 0.5) is 4.39 Å². The number of Topliss-reactive ketones (excluding diaryl/α,β-unsaturated/α-hetero) is 1. The van der Waals surface area contributed by atoms with Crippen LogP contribution in [0.5, 0.6) is 0 Å². The van der Waals surface area contributed by atoms with Crippen molar-refractivity contribution in [3.63, 3.8) is 0 Å². The molecule has 2 amide bonds. The van der Waals surface area contributed by atoms with E-state index in [0.29, 0.717) is 5.02 Å². The highest BCUT2D eigenvalue weighted by atomic mass is 35.5. The van der Waals surface area contributed by atoms with Gasteiger partial charge in [-0.25, -0.2) is 4.39 Å². The molecule has 0 spiro atoms. The van der Waals surface area contributed by atoms with Crippen LogP contribution < -0.4 is 10.9 Å². The molecular formula is C19H16ClFN2O5. The molecule has 2 aromatic rings. The Kier molecular flexibility index (Phi) is 7.65. The molecular weight excluding hydrogens is 391 g/mol. The second kappa shape index (κ2) is 10.2. The number of carbonyl (C=O) groups excluding carboxylic acids is 4. The van der Waals surface area contributed by atoms with Gasteiger partial charge in [0.1, 0.15) is 5.82 Å². The summed E-state index contributed by atoms with van der Waals surface area (Å²) in [7, 11) is 0. The Labute approximate surface area is 164 Å². The van der Waals surface area contributed by atoms with Crippen LogP contribution in [0.2, 0.25) is 5.02 Å². The number of rotatable bonds is 7. The van der Waals surface area contributed by atoms with Crippen molar-refractivity contribution in [2.45, 2.75) is 12.8 Å². The summed E-state index contributed by atoms with van der Waals surface area (Å²) in [6.07, 6.45) is -0.375. The highest BCUT2D eigenvalue weighted by Crippen LogP contribution is 2.09. The van der Waals surface area contributed by atoms with E-state index in [1.807, 2.05) is 0 Å². The number of carbonyl (C=O) groups is 4. The lowest BCUT2D eigenvalue weighted by molar-refractivity contribution is -0.148. The van der Waals surface area contributed by atoms with Gasteiger partial charge in [-0.2, -0.15) is 0 Å². The van der Waals surface area contributed by atoms with Gasteiger partial charge in [0.25, 0.3) is 11.8 Å². The highest BCUT2D eigenvalue weighted by molar-refractivity contribution is 6.30. The molecule has 0 aliphatic heterocycles. The van der Waals surface area contributed by atoms with E-state index in [4.69, 9.17) is 16.3 Å². The Bertz CT molecular complexity index is 795. The van der Waals surface area contributed by atoms with Crippen LogP contribution in [-0.4, -0.2) is 30.2 Å². The summed E-state index contributed by atoms with van der Waals surface area (Å²) in [6, 6.07) is 10.9. The molecule has 0 aliphatic rings. The molecule has 0 radical (unpaired) electrons. The molecule has 0 bridgehead atoms. The maximum absolute atomic E-state index is 12.8. The highest BCUT2D eigenvalue weighted by Gasteiger charge is 2.13. The van der Waals surface area contributed by atoms with Gasteiger partial charge < -0.3 is 4.74 Å². The lowest BCUT2D eigenvalue weighted by atomic mass is 10.1. The van der Waals surface area contributed by atoms with Gasteiger partial charge in [0.2, 0.25) is 0 Å². The van der Waals surface area contributed by atoms with E-state index >= 15 is 0 Å². The first kappa shape index (κ1) is 21.0. The van der Waals surface area contributed by atoms with E-state index in [1.165, 1.54) is 36.4 Å². The zero-order valence-corrected chi connectivity index (χ0v) is 15.3. The van der Waals surface area contributed by atoms with Gasteiger partial charge in [-0.1, -0.05) is 11.6 Å². The van der Waals surface area contributed by atoms with Gasteiger partial charge in [-0.3, -0.25) is 30.0 Å². The standard InChI is InChI=1S/C19H16ClFN2O5/c20-14-5-1-13(2-6-14)19(27)23-22-17(25)11-28-18(26)10-9-16(24)12-3-7-15(21)8-4-12/h1-8H,9-11H2,(H,22,25)(H,23,27). The number of hydrazine groups is 1. The van der Waals surface area contributed by atoms with Crippen LogP contribution in [0, 0.1) is 5.82 Å². The minimum absolute atomic E-state index is 0.139. The molecule has 28 heavy (non-hydrogen) atoms.